The molecule has 166 valence electrons. The number of nitrogens with one attached hydrogen (secondary N) is 2. The molecule has 1 aliphatic rings. The van der Waals surface area contributed by atoms with Crippen LogP contribution in [0.25, 0.3) is 5.69 Å². The molecular formula is C23H30N4O4. The number of para-hydroxylation sites is 1. The van der Waals surface area contributed by atoms with Crippen molar-refractivity contribution in [3.05, 3.63) is 47.3 Å². The van der Waals surface area contributed by atoms with Crippen molar-refractivity contribution in [3.63, 3.8) is 0 Å². The quantitative estimate of drug-likeness (QED) is 0.662. The number of benzene rings is 1. The smallest absolute Gasteiger partial charge is 0.321 e. The lowest BCUT2D eigenvalue weighted by Crippen LogP contribution is -2.47. The van der Waals surface area contributed by atoms with E-state index in [-0.39, 0.29) is 12.5 Å². The largest absolute Gasteiger partial charge is 0.453 e. The van der Waals surface area contributed by atoms with Crippen molar-refractivity contribution in [1.82, 2.24) is 20.4 Å². The zero-order valence-corrected chi connectivity index (χ0v) is 18.3. The summed E-state index contributed by atoms with van der Waals surface area (Å²) < 4.78 is 7.07. The van der Waals surface area contributed by atoms with Crippen LogP contribution in [-0.2, 0) is 20.7 Å². The molecule has 1 aromatic heterocycles. The van der Waals surface area contributed by atoms with Crippen molar-refractivity contribution in [2.75, 3.05) is 0 Å². The van der Waals surface area contributed by atoms with Crippen molar-refractivity contribution < 1.29 is 19.1 Å². The number of rotatable bonds is 7. The van der Waals surface area contributed by atoms with E-state index in [1.807, 2.05) is 48.9 Å². The second-order valence-corrected chi connectivity index (χ2v) is 7.97. The Morgan fingerprint density at radius 1 is 1.16 bits per heavy atom. The molecule has 0 saturated heterocycles. The summed E-state index contributed by atoms with van der Waals surface area (Å²) in [4.78, 5) is 36.3. The molecule has 0 spiro atoms. The molecule has 0 aliphatic heterocycles. The van der Waals surface area contributed by atoms with Gasteiger partial charge in [-0.05, 0) is 57.7 Å². The number of carbonyl (C=O) groups excluding carboxylic acids is 3. The van der Waals surface area contributed by atoms with E-state index in [0.717, 1.165) is 48.3 Å². The number of nitrogens with zero attached hydrogens (tertiary/aromatic N) is 2. The van der Waals surface area contributed by atoms with Gasteiger partial charge >= 0.3 is 12.0 Å². The molecule has 1 heterocycles. The maximum Gasteiger partial charge on any atom is 0.321 e. The lowest BCUT2D eigenvalue weighted by Gasteiger charge is -2.15. The Balaban J connectivity index is 1.49. The van der Waals surface area contributed by atoms with Crippen LogP contribution in [0.15, 0.2) is 30.3 Å². The average molecular weight is 427 g/mol. The highest BCUT2D eigenvalue weighted by molar-refractivity contribution is 5.97. The fraction of sp³-hybridized carbons (Fsp3) is 0.478. The van der Waals surface area contributed by atoms with Crippen LogP contribution in [0, 0.1) is 13.8 Å². The minimum Gasteiger partial charge on any atom is -0.453 e. The van der Waals surface area contributed by atoms with Gasteiger partial charge in [-0.1, -0.05) is 31.0 Å². The Kier molecular flexibility index (Phi) is 7.44. The van der Waals surface area contributed by atoms with Crippen molar-refractivity contribution >= 4 is 17.9 Å². The van der Waals surface area contributed by atoms with Crippen LogP contribution in [0.2, 0.25) is 0 Å². The predicted molar refractivity (Wildman–Crippen MR) is 116 cm³/mol. The first kappa shape index (κ1) is 22.5. The highest BCUT2D eigenvalue weighted by atomic mass is 16.5. The molecule has 1 aliphatic carbocycles. The van der Waals surface area contributed by atoms with Crippen molar-refractivity contribution in [1.29, 1.82) is 0 Å². The van der Waals surface area contributed by atoms with Gasteiger partial charge < -0.3 is 10.1 Å². The predicted octanol–water partition coefficient (Wildman–Crippen LogP) is 3.12. The van der Waals surface area contributed by atoms with Gasteiger partial charge in [-0.25, -0.2) is 9.48 Å². The van der Waals surface area contributed by atoms with E-state index in [1.54, 1.807) is 0 Å². The van der Waals surface area contributed by atoms with Crippen LogP contribution in [0.3, 0.4) is 0 Å². The Labute approximate surface area is 182 Å². The highest BCUT2D eigenvalue weighted by Gasteiger charge is 2.23. The van der Waals surface area contributed by atoms with E-state index in [9.17, 15) is 14.4 Å². The second-order valence-electron chi connectivity index (χ2n) is 7.97. The van der Waals surface area contributed by atoms with E-state index in [0.29, 0.717) is 6.42 Å². The standard InChI is InChI=1S/C23H30N4O4/c1-15-20(16(2)27(26-15)19-11-5-4-6-12-19)13-14-21(28)31-17(3)22(29)25-23(30)24-18-9-7-8-10-18/h4-6,11-12,17-18H,7-10,13-14H2,1-3H3,(H2,24,25,29,30)/t17-/m0/s1. The second kappa shape index (κ2) is 10.2. The third kappa shape index (κ3) is 5.93. The summed E-state index contributed by atoms with van der Waals surface area (Å²) in [7, 11) is 0. The summed E-state index contributed by atoms with van der Waals surface area (Å²) in [5.74, 6) is -1.13. The van der Waals surface area contributed by atoms with Gasteiger partial charge in [0.15, 0.2) is 6.10 Å². The summed E-state index contributed by atoms with van der Waals surface area (Å²) in [5, 5.41) is 9.60. The lowest BCUT2D eigenvalue weighted by molar-refractivity contribution is -0.154. The monoisotopic (exact) mass is 426 g/mol. The van der Waals surface area contributed by atoms with Crippen LogP contribution in [0.5, 0.6) is 0 Å². The van der Waals surface area contributed by atoms with Gasteiger partial charge in [0, 0.05) is 18.2 Å². The highest BCUT2D eigenvalue weighted by Crippen LogP contribution is 2.20. The number of hydrogen-bond acceptors (Lipinski definition) is 5. The molecule has 1 atom stereocenters. The lowest BCUT2D eigenvalue weighted by atomic mass is 10.1. The van der Waals surface area contributed by atoms with Gasteiger partial charge in [-0.2, -0.15) is 5.10 Å². The minimum atomic E-state index is -1.05. The molecule has 2 N–H and O–H groups in total. The zero-order valence-electron chi connectivity index (χ0n) is 18.3. The fourth-order valence-corrected chi connectivity index (χ4v) is 3.90. The first-order valence-electron chi connectivity index (χ1n) is 10.8. The van der Waals surface area contributed by atoms with Crippen LogP contribution in [-0.4, -0.2) is 39.8 Å². The Morgan fingerprint density at radius 3 is 2.52 bits per heavy atom. The van der Waals surface area contributed by atoms with Gasteiger partial charge in [0.05, 0.1) is 11.4 Å². The number of ether oxygens (including phenoxy) is 1. The normalized spacial score (nSPS) is 14.8. The Hall–Kier alpha value is -3.16. The molecule has 0 radical (unpaired) electrons. The number of imide groups is 1. The topological polar surface area (TPSA) is 102 Å². The van der Waals surface area contributed by atoms with Crippen LogP contribution < -0.4 is 10.6 Å². The number of urea groups is 1. The van der Waals surface area contributed by atoms with Crippen molar-refractivity contribution in [2.24, 2.45) is 0 Å². The van der Waals surface area contributed by atoms with Crippen molar-refractivity contribution in [3.8, 4) is 5.69 Å². The first-order chi connectivity index (χ1) is 14.8. The third-order valence-electron chi connectivity index (χ3n) is 5.63. The molecule has 1 aromatic carbocycles. The SMILES string of the molecule is Cc1nn(-c2ccccc2)c(C)c1CCC(=O)O[C@@H](C)C(=O)NC(=O)NC1CCCC1. The van der Waals surface area contributed by atoms with E-state index in [1.165, 1.54) is 6.92 Å². The summed E-state index contributed by atoms with van der Waals surface area (Å²) in [6, 6.07) is 9.35. The number of aryl methyl sites for hydroxylation is 1. The first-order valence-corrected chi connectivity index (χ1v) is 10.8. The molecule has 8 heteroatoms. The number of esters is 1. The zero-order chi connectivity index (χ0) is 22.4. The minimum absolute atomic E-state index is 0.105. The molecule has 0 bridgehead atoms. The van der Waals surface area contributed by atoms with E-state index < -0.39 is 24.0 Å². The van der Waals surface area contributed by atoms with Gasteiger partial charge in [0.2, 0.25) is 0 Å². The molecular weight excluding hydrogens is 396 g/mol. The summed E-state index contributed by atoms with van der Waals surface area (Å²) in [6.45, 7) is 5.33. The van der Waals surface area contributed by atoms with Crippen LogP contribution >= 0.6 is 0 Å². The Morgan fingerprint density at radius 2 is 1.84 bits per heavy atom. The number of hydrogen-bond donors (Lipinski definition) is 2. The Bertz CT molecular complexity index is 933. The molecule has 1 fully saturated rings. The van der Waals surface area contributed by atoms with Gasteiger partial charge in [-0.3, -0.25) is 14.9 Å². The van der Waals surface area contributed by atoms with Crippen LogP contribution in [0.1, 0.15) is 56.0 Å². The number of amides is 3. The maximum absolute atomic E-state index is 12.3. The third-order valence-corrected chi connectivity index (χ3v) is 5.63. The molecule has 3 rings (SSSR count). The van der Waals surface area contributed by atoms with E-state index in [4.69, 9.17) is 4.74 Å². The van der Waals surface area contributed by atoms with Crippen LogP contribution in [0.4, 0.5) is 4.79 Å². The molecule has 2 aromatic rings. The van der Waals surface area contributed by atoms with Gasteiger partial charge in [0.25, 0.3) is 5.91 Å². The molecule has 0 unspecified atom stereocenters. The van der Waals surface area contributed by atoms with Gasteiger partial charge in [0.1, 0.15) is 0 Å². The van der Waals surface area contributed by atoms with Gasteiger partial charge in [-0.15, -0.1) is 0 Å². The van der Waals surface area contributed by atoms with E-state index >= 15 is 0 Å². The maximum atomic E-state index is 12.3. The molecule has 8 nitrogen and oxygen atoms in total. The summed E-state index contributed by atoms with van der Waals surface area (Å²) in [5.41, 5.74) is 3.75. The summed E-state index contributed by atoms with van der Waals surface area (Å²) in [6.07, 6.45) is 3.54. The number of carbonyl (C=O) groups is 3. The molecule has 1 saturated carbocycles. The molecule has 31 heavy (non-hydrogen) atoms. The average Bonchev–Trinajstić information content (AvgIpc) is 3.34. The summed E-state index contributed by atoms with van der Waals surface area (Å²) >= 11 is 0. The number of aromatic nitrogens is 2. The van der Waals surface area contributed by atoms with E-state index in [2.05, 4.69) is 15.7 Å². The fourth-order valence-electron chi connectivity index (χ4n) is 3.90. The van der Waals surface area contributed by atoms with Crippen molar-refractivity contribution in [2.45, 2.75) is 71.4 Å². The molecule has 3 amide bonds.